The molecule has 0 saturated heterocycles. The zero-order valence-corrected chi connectivity index (χ0v) is 19.9. The maximum absolute atomic E-state index is 6.16. The van der Waals surface area contributed by atoms with Crippen molar-refractivity contribution < 1.29 is 4.42 Å². The van der Waals surface area contributed by atoms with Crippen molar-refractivity contribution >= 4 is 21.9 Å². The molecule has 0 spiro atoms. The molecule has 3 aromatic heterocycles. The van der Waals surface area contributed by atoms with Crippen LogP contribution in [0, 0.1) is 0 Å². The van der Waals surface area contributed by atoms with Gasteiger partial charge in [-0.15, -0.1) is 0 Å². The molecule has 4 heteroatoms. The van der Waals surface area contributed by atoms with Crippen molar-refractivity contribution in [3.8, 4) is 45.2 Å². The van der Waals surface area contributed by atoms with Gasteiger partial charge in [-0.25, -0.2) is 9.97 Å². The Kier molecular flexibility index (Phi) is 5.07. The van der Waals surface area contributed by atoms with E-state index in [1.807, 2.05) is 91.1 Å². The SMILES string of the molecule is c1ccc(-c2cc(-c3cccnc3-c3cccc4oc5ccccc5c34)nc(-c3ccccc3)n2)cc1. The summed E-state index contributed by atoms with van der Waals surface area (Å²) in [6, 6.07) is 40.7. The van der Waals surface area contributed by atoms with Crippen molar-refractivity contribution in [2.45, 2.75) is 0 Å². The van der Waals surface area contributed by atoms with Gasteiger partial charge in [0.1, 0.15) is 11.2 Å². The van der Waals surface area contributed by atoms with Crippen molar-refractivity contribution in [1.29, 1.82) is 0 Å². The van der Waals surface area contributed by atoms with Gasteiger partial charge < -0.3 is 4.42 Å². The summed E-state index contributed by atoms with van der Waals surface area (Å²) in [5, 5.41) is 2.13. The van der Waals surface area contributed by atoms with E-state index < -0.39 is 0 Å². The molecular weight excluding hydrogens is 454 g/mol. The van der Waals surface area contributed by atoms with E-state index in [2.05, 4.69) is 36.4 Å². The van der Waals surface area contributed by atoms with Crippen LogP contribution in [0.4, 0.5) is 0 Å². The van der Waals surface area contributed by atoms with Gasteiger partial charge in [0.05, 0.1) is 17.1 Å². The number of para-hydroxylation sites is 1. The van der Waals surface area contributed by atoms with Gasteiger partial charge in [-0.2, -0.15) is 0 Å². The first kappa shape index (κ1) is 21.2. The van der Waals surface area contributed by atoms with Crippen LogP contribution in [0.3, 0.4) is 0 Å². The zero-order valence-electron chi connectivity index (χ0n) is 19.9. The maximum atomic E-state index is 6.16. The third-order valence-electron chi connectivity index (χ3n) is 6.57. The van der Waals surface area contributed by atoms with Crippen LogP contribution in [-0.2, 0) is 0 Å². The van der Waals surface area contributed by atoms with Crippen molar-refractivity contribution in [3.05, 3.63) is 128 Å². The first-order valence-electron chi connectivity index (χ1n) is 12.2. The molecule has 4 nitrogen and oxygen atoms in total. The van der Waals surface area contributed by atoms with Gasteiger partial charge >= 0.3 is 0 Å². The molecule has 0 aliphatic heterocycles. The van der Waals surface area contributed by atoms with Gasteiger partial charge in [0.2, 0.25) is 0 Å². The number of furan rings is 1. The van der Waals surface area contributed by atoms with Gasteiger partial charge in [-0.1, -0.05) is 91.0 Å². The molecular formula is C33H21N3O. The van der Waals surface area contributed by atoms with Gasteiger partial charge in [0.15, 0.2) is 5.82 Å². The second kappa shape index (κ2) is 8.85. The minimum atomic E-state index is 0.679. The summed E-state index contributed by atoms with van der Waals surface area (Å²) in [6.07, 6.45) is 1.83. The highest BCUT2D eigenvalue weighted by Gasteiger charge is 2.18. The van der Waals surface area contributed by atoms with E-state index in [4.69, 9.17) is 19.4 Å². The molecule has 0 N–H and O–H groups in total. The zero-order chi connectivity index (χ0) is 24.6. The van der Waals surface area contributed by atoms with E-state index in [9.17, 15) is 0 Å². The fourth-order valence-electron chi connectivity index (χ4n) is 4.86. The molecule has 174 valence electrons. The molecule has 0 atom stereocenters. The molecule has 0 unspecified atom stereocenters. The average molecular weight is 476 g/mol. The Hall–Kier alpha value is -5.09. The molecule has 0 saturated carbocycles. The molecule has 3 heterocycles. The fraction of sp³-hybridized carbons (Fsp3) is 0. The second-order valence-electron chi connectivity index (χ2n) is 8.87. The number of hydrogen-bond donors (Lipinski definition) is 0. The van der Waals surface area contributed by atoms with Crippen LogP contribution in [0.15, 0.2) is 132 Å². The van der Waals surface area contributed by atoms with Crippen LogP contribution < -0.4 is 0 Å². The predicted molar refractivity (Wildman–Crippen MR) is 149 cm³/mol. The van der Waals surface area contributed by atoms with Gasteiger partial charge in [0, 0.05) is 39.2 Å². The van der Waals surface area contributed by atoms with Crippen LogP contribution >= 0.6 is 0 Å². The Morgan fingerprint density at radius 2 is 1.19 bits per heavy atom. The topological polar surface area (TPSA) is 51.8 Å². The highest BCUT2D eigenvalue weighted by atomic mass is 16.3. The van der Waals surface area contributed by atoms with Crippen LogP contribution in [0.1, 0.15) is 0 Å². The average Bonchev–Trinajstić information content (AvgIpc) is 3.37. The lowest BCUT2D eigenvalue weighted by Crippen LogP contribution is -1.98. The highest BCUT2D eigenvalue weighted by molar-refractivity contribution is 6.13. The third kappa shape index (κ3) is 3.76. The number of fused-ring (bicyclic) bond motifs is 3. The number of pyridine rings is 1. The van der Waals surface area contributed by atoms with Gasteiger partial charge in [-0.05, 0) is 30.3 Å². The first-order chi connectivity index (χ1) is 18.3. The highest BCUT2D eigenvalue weighted by Crippen LogP contribution is 2.39. The summed E-state index contributed by atoms with van der Waals surface area (Å²) >= 11 is 0. The summed E-state index contributed by atoms with van der Waals surface area (Å²) < 4.78 is 6.16. The summed E-state index contributed by atoms with van der Waals surface area (Å²) in [4.78, 5) is 14.8. The molecule has 0 aliphatic rings. The summed E-state index contributed by atoms with van der Waals surface area (Å²) in [6.45, 7) is 0. The molecule has 0 fully saturated rings. The summed E-state index contributed by atoms with van der Waals surface area (Å²) in [7, 11) is 0. The van der Waals surface area contributed by atoms with Crippen molar-refractivity contribution in [1.82, 2.24) is 15.0 Å². The number of hydrogen-bond acceptors (Lipinski definition) is 4. The standard InChI is InChI=1S/C33H21N3O/c1-3-11-22(12-4-1)27-21-28(36-33(35-27)23-13-5-2-6-14-23)24-17-10-20-34-32(24)26-16-9-19-30-31(26)25-15-7-8-18-29(25)37-30/h1-21H. The third-order valence-corrected chi connectivity index (χ3v) is 6.57. The minimum absolute atomic E-state index is 0.679. The molecule has 37 heavy (non-hydrogen) atoms. The Morgan fingerprint density at radius 1 is 0.514 bits per heavy atom. The van der Waals surface area contributed by atoms with Crippen LogP contribution in [0.25, 0.3) is 67.1 Å². The lowest BCUT2D eigenvalue weighted by Gasteiger charge is -2.13. The minimum Gasteiger partial charge on any atom is -0.456 e. The number of benzene rings is 4. The van der Waals surface area contributed by atoms with Crippen LogP contribution in [-0.4, -0.2) is 15.0 Å². The van der Waals surface area contributed by atoms with E-state index in [0.29, 0.717) is 5.82 Å². The van der Waals surface area contributed by atoms with E-state index >= 15 is 0 Å². The second-order valence-corrected chi connectivity index (χ2v) is 8.87. The first-order valence-corrected chi connectivity index (χ1v) is 12.2. The largest absolute Gasteiger partial charge is 0.456 e. The molecule has 0 radical (unpaired) electrons. The Balaban J connectivity index is 1.49. The molecule has 7 aromatic rings. The maximum Gasteiger partial charge on any atom is 0.160 e. The van der Waals surface area contributed by atoms with Crippen LogP contribution in [0.2, 0.25) is 0 Å². The normalized spacial score (nSPS) is 11.2. The summed E-state index contributed by atoms with van der Waals surface area (Å²) in [5.74, 6) is 0.679. The quantitative estimate of drug-likeness (QED) is 0.256. The Bertz CT molecular complexity index is 1820. The molecule has 7 rings (SSSR count). The van der Waals surface area contributed by atoms with Gasteiger partial charge in [-0.3, -0.25) is 4.98 Å². The molecule has 4 aromatic carbocycles. The Morgan fingerprint density at radius 3 is 2.03 bits per heavy atom. The lowest BCUT2D eigenvalue weighted by atomic mass is 9.97. The molecule has 0 bridgehead atoms. The van der Waals surface area contributed by atoms with Crippen molar-refractivity contribution in [2.24, 2.45) is 0 Å². The van der Waals surface area contributed by atoms with E-state index in [0.717, 1.165) is 61.3 Å². The van der Waals surface area contributed by atoms with Gasteiger partial charge in [0.25, 0.3) is 0 Å². The smallest absolute Gasteiger partial charge is 0.160 e. The Labute approximate surface area is 213 Å². The van der Waals surface area contributed by atoms with Crippen molar-refractivity contribution in [2.75, 3.05) is 0 Å². The van der Waals surface area contributed by atoms with E-state index in [1.54, 1.807) is 0 Å². The monoisotopic (exact) mass is 475 g/mol. The van der Waals surface area contributed by atoms with Crippen LogP contribution in [0.5, 0.6) is 0 Å². The number of rotatable bonds is 4. The predicted octanol–water partition coefficient (Wildman–Crippen LogP) is 8.44. The fourth-order valence-corrected chi connectivity index (χ4v) is 4.86. The van der Waals surface area contributed by atoms with Crippen molar-refractivity contribution in [3.63, 3.8) is 0 Å². The number of nitrogens with zero attached hydrogens (tertiary/aromatic N) is 3. The summed E-state index contributed by atoms with van der Waals surface area (Å²) in [5.41, 5.74) is 8.21. The van der Waals surface area contributed by atoms with E-state index in [-0.39, 0.29) is 0 Å². The molecule has 0 aliphatic carbocycles. The molecule has 0 amide bonds. The number of aromatic nitrogens is 3. The lowest BCUT2D eigenvalue weighted by molar-refractivity contribution is 0.669. The van der Waals surface area contributed by atoms with E-state index in [1.165, 1.54) is 0 Å².